The molecule has 0 aliphatic heterocycles. The molecule has 1 fully saturated rings. The Hall–Kier alpha value is -1.49. The maximum atomic E-state index is 5.27. The van der Waals surface area contributed by atoms with E-state index < -0.39 is 0 Å². The highest BCUT2D eigenvalue weighted by atomic mass is 32.1. The Labute approximate surface area is 105 Å². The zero-order chi connectivity index (χ0) is 11.7. The van der Waals surface area contributed by atoms with Crippen molar-refractivity contribution in [3.63, 3.8) is 0 Å². The van der Waals surface area contributed by atoms with Crippen LogP contribution in [0.4, 0.5) is 0 Å². The summed E-state index contributed by atoms with van der Waals surface area (Å²) in [5.74, 6) is 1.75. The van der Waals surface area contributed by atoms with Gasteiger partial charge in [-0.25, -0.2) is 0 Å². The lowest BCUT2D eigenvalue weighted by atomic mass is 10.2. The van der Waals surface area contributed by atoms with E-state index >= 15 is 0 Å². The summed E-state index contributed by atoms with van der Waals surface area (Å²) < 4.78 is 2.87. The Bertz CT molecular complexity index is 553. The number of hydrogen-bond acceptors (Lipinski definition) is 3. The van der Waals surface area contributed by atoms with Crippen molar-refractivity contribution >= 4 is 12.2 Å². The summed E-state index contributed by atoms with van der Waals surface area (Å²) in [5, 5.41) is 7.22. The predicted octanol–water partition coefficient (Wildman–Crippen LogP) is 2.46. The molecular weight excluding hydrogens is 232 g/mol. The van der Waals surface area contributed by atoms with Gasteiger partial charge in [0.2, 0.25) is 0 Å². The number of nitrogens with one attached hydrogen (secondary N) is 1. The molecule has 0 amide bonds. The quantitative estimate of drug-likeness (QED) is 0.843. The van der Waals surface area contributed by atoms with E-state index in [2.05, 4.69) is 19.7 Å². The van der Waals surface area contributed by atoms with Crippen LogP contribution in [0.15, 0.2) is 24.5 Å². The minimum atomic E-state index is 0.625. The van der Waals surface area contributed by atoms with Crippen molar-refractivity contribution in [3.8, 4) is 0 Å². The van der Waals surface area contributed by atoms with Gasteiger partial charge in [0, 0.05) is 24.9 Å². The normalized spacial score (nSPS) is 15.1. The van der Waals surface area contributed by atoms with E-state index in [0.717, 1.165) is 23.6 Å². The molecule has 17 heavy (non-hydrogen) atoms. The summed E-state index contributed by atoms with van der Waals surface area (Å²) in [6, 6.07) is 4.08. The van der Waals surface area contributed by atoms with Crippen molar-refractivity contribution in [3.05, 3.63) is 40.7 Å². The zero-order valence-electron chi connectivity index (χ0n) is 9.47. The van der Waals surface area contributed by atoms with Crippen molar-refractivity contribution in [1.82, 2.24) is 19.7 Å². The second-order valence-corrected chi connectivity index (χ2v) is 4.81. The van der Waals surface area contributed by atoms with E-state index in [1.54, 1.807) is 0 Å². The molecule has 1 aliphatic carbocycles. The second-order valence-electron chi connectivity index (χ2n) is 4.42. The average molecular weight is 246 g/mol. The zero-order valence-corrected chi connectivity index (χ0v) is 10.3. The molecular formula is C12H14N4S. The van der Waals surface area contributed by atoms with E-state index in [9.17, 15) is 0 Å². The van der Waals surface area contributed by atoms with Crippen LogP contribution >= 0.6 is 12.2 Å². The lowest BCUT2D eigenvalue weighted by molar-refractivity contribution is 0.645. The maximum absolute atomic E-state index is 5.27. The highest BCUT2D eigenvalue weighted by molar-refractivity contribution is 7.71. The number of hydrogen-bond donors (Lipinski definition) is 1. The molecule has 2 aromatic rings. The first-order chi connectivity index (χ1) is 8.34. The molecule has 5 heteroatoms. The topological polar surface area (TPSA) is 46.5 Å². The van der Waals surface area contributed by atoms with Crippen molar-refractivity contribution in [1.29, 1.82) is 0 Å². The first-order valence-electron chi connectivity index (χ1n) is 5.88. The number of rotatable bonds is 4. The van der Waals surface area contributed by atoms with Crippen LogP contribution in [0.2, 0.25) is 0 Å². The van der Waals surface area contributed by atoms with Gasteiger partial charge < -0.3 is 4.57 Å². The predicted molar refractivity (Wildman–Crippen MR) is 67.3 cm³/mol. The van der Waals surface area contributed by atoms with Gasteiger partial charge in [0.15, 0.2) is 4.77 Å². The monoisotopic (exact) mass is 246 g/mol. The highest BCUT2D eigenvalue weighted by Gasteiger charge is 2.28. The van der Waals surface area contributed by atoms with Crippen LogP contribution in [0, 0.1) is 4.77 Å². The molecule has 4 nitrogen and oxygen atoms in total. The number of aryl methyl sites for hydroxylation is 1. The van der Waals surface area contributed by atoms with Crippen LogP contribution in [0.5, 0.6) is 0 Å². The Balaban J connectivity index is 1.77. The Morgan fingerprint density at radius 3 is 2.82 bits per heavy atom. The summed E-state index contributed by atoms with van der Waals surface area (Å²) in [6.07, 6.45) is 7.11. The van der Waals surface area contributed by atoms with Gasteiger partial charge in [-0.2, -0.15) is 5.10 Å². The highest BCUT2D eigenvalue weighted by Crippen LogP contribution is 2.38. The fourth-order valence-corrected chi connectivity index (χ4v) is 2.22. The Kier molecular flexibility index (Phi) is 2.76. The molecule has 1 aliphatic rings. The number of aromatic nitrogens is 4. The molecule has 0 radical (unpaired) electrons. The summed E-state index contributed by atoms with van der Waals surface area (Å²) >= 11 is 5.27. The Morgan fingerprint density at radius 1 is 1.35 bits per heavy atom. The van der Waals surface area contributed by atoms with Crippen LogP contribution in [0.25, 0.3) is 0 Å². The van der Waals surface area contributed by atoms with Crippen LogP contribution in [-0.2, 0) is 13.0 Å². The molecule has 0 atom stereocenters. The summed E-state index contributed by atoms with van der Waals surface area (Å²) in [6.45, 7) is 0.894. The van der Waals surface area contributed by atoms with E-state index in [4.69, 9.17) is 12.2 Å². The van der Waals surface area contributed by atoms with Gasteiger partial charge in [-0.05, 0) is 49.2 Å². The lowest BCUT2D eigenvalue weighted by Crippen LogP contribution is -2.05. The molecule has 0 bridgehead atoms. The maximum Gasteiger partial charge on any atom is 0.195 e. The van der Waals surface area contributed by atoms with Crippen molar-refractivity contribution < 1.29 is 0 Å². The first kappa shape index (κ1) is 10.7. The van der Waals surface area contributed by atoms with Gasteiger partial charge in [0.05, 0.1) is 0 Å². The van der Waals surface area contributed by atoms with Gasteiger partial charge in [0.25, 0.3) is 0 Å². The number of pyridine rings is 1. The van der Waals surface area contributed by atoms with E-state index in [1.165, 1.54) is 18.4 Å². The third kappa shape index (κ3) is 2.29. The number of H-pyrrole nitrogens is 1. The summed E-state index contributed by atoms with van der Waals surface area (Å²) in [5.41, 5.74) is 1.28. The third-order valence-electron chi connectivity index (χ3n) is 3.10. The van der Waals surface area contributed by atoms with Gasteiger partial charge >= 0.3 is 0 Å². The standard InChI is InChI=1S/C12H14N4S/c17-12-15-14-11(10-1-2-10)16(12)8-5-9-3-6-13-7-4-9/h3-4,6-7,10H,1-2,5,8H2,(H,15,17). The summed E-state index contributed by atoms with van der Waals surface area (Å²) in [7, 11) is 0. The minimum absolute atomic E-state index is 0.625. The van der Waals surface area contributed by atoms with Crippen molar-refractivity contribution in [2.24, 2.45) is 0 Å². The van der Waals surface area contributed by atoms with Crippen LogP contribution in [-0.4, -0.2) is 19.7 Å². The second kappa shape index (κ2) is 4.41. The average Bonchev–Trinajstić information content (AvgIpc) is 3.13. The fraction of sp³-hybridized carbons (Fsp3) is 0.417. The molecule has 1 N–H and O–H groups in total. The number of aromatic amines is 1. The van der Waals surface area contributed by atoms with Crippen molar-refractivity contribution in [2.45, 2.75) is 31.7 Å². The molecule has 2 aromatic heterocycles. The van der Waals surface area contributed by atoms with Gasteiger partial charge in [0.1, 0.15) is 5.82 Å². The van der Waals surface area contributed by atoms with Crippen LogP contribution in [0.1, 0.15) is 30.1 Å². The van der Waals surface area contributed by atoms with E-state index in [0.29, 0.717) is 5.92 Å². The Morgan fingerprint density at radius 2 is 2.12 bits per heavy atom. The van der Waals surface area contributed by atoms with Crippen LogP contribution in [0.3, 0.4) is 0 Å². The first-order valence-corrected chi connectivity index (χ1v) is 6.29. The van der Waals surface area contributed by atoms with Crippen molar-refractivity contribution in [2.75, 3.05) is 0 Å². The molecule has 0 unspecified atom stereocenters. The third-order valence-corrected chi connectivity index (χ3v) is 3.42. The van der Waals surface area contributed by atoms with Gasteiger partial charge in [-0.1, -0.05) is 0 Å². The summed E-state index contributed by atoms with van der Waals surface area (Å²) in [4.78, 5) is 4.02. The smallest absolute Gasteiger partial charge is 0.195 e. The molecule has 88 valence electrons. The molecule has 0 spiro atoms. The van der Waals surface area contributed by atoms with Gasteiger partial charge in [-0.15, -0.1) is 0 Å². The lowest BCUT2D eigenvalue weighted by Gasteiger charge is -2.05. The van der Waals surface area contributed by atoms with Gasteiger partial charge in [-0.3, -0.25) is 10.1 Å². The van der Waals surface area contributed by atoms with E-state index in [-0.39, 0.29) is 0 Å². The molecule has 0 saturated heterocycles. The molecule has 3 rings (SSSR count). The fourth-order valence-electron chi connectivity index (χ4n) is 1.99. The molecule has 1 saturated carbocycles. The number of nitrogens with zero attached hydrogens (tertiary/aromatic N) is 3. The largest absolute Gasteiger partial charge is 0.304 e. The van der Waals surface area contributed by atoms with Crippen LogP contribution < -0.4 is 0 Å². The van der Waals surface area contributed by atoms with E-state index in [1.807, 2.05) is 24.5 Å². The minimum Gasteiger partial charge on any atom is -0.304 e. The molecule has 0 aromatic carbocycles. The molecule has 2 heterocycles. The SMILES string of the molecule is S=c1[nH]nc(C2CC2)n1CCc1ccncc1.